The molecule has 0 aliphatic carbocycles. The van der Waals surface area contributed by atoms with E-state index in [4.69, 9.17) is 5.73 Å². The normalized spacial score (nSPS) is 10.2. The summed E-state index contributed by atoms with van der Waals surface area (Å²) < 4.78 is 0. The summed E-state index contributed by atoms with van der Waals surface area (Å²) >= 11 is 0. The van der Waals surface area contributed by atoms with Crippen LogP contribution in [0.1, 0.15) is 25.0 Å². The van der Waals surface area contributed by atoms with Gasteiger partial charge in [-0.3, -0.25) is 0 Å². The van der Waals surface area contributed by atoms with Crippen LogP contribution in [0.4, 0.5) is 5.82 Å². The number of aromatic nitrogens is 1. The lowest BCUT2D eigenvalue weighted by Crippen LogP contribution is -1.91. The van der Waals surface area contributed by atoms with E-state index < -0.39 is 0 Å². The van der Waals surface area contributed by atoms with Gasteiger partial charge in [0.2, 0.25) is 0 Å². The molecule has 1 aromatic heterocycles. The van der Waals surface area contributed by atoms with Crippen molar-refractivity contribution in [3.63, 3.8) is 0 Å². The van der Waals surface area contributed by atoms with Crippen molar-refractivity contribution in [2.45, 2.75) is 26.7 Å². The van der Waals surface area contributed by atoms with Crippen LogP contribution < -0.4 is 5.73 Å². The molecule has 0 aromatic carbocycles. The molecule has 0 saturated heterocycles. The summed E-state index contributed by atoms with van der Waals surface area (Å²) in [7, 11) is 0. The van der Waals surface area contributed by atoms with Crippen LogP contribution in [0.25, 0.3) is 0 Å². The van der Waals surface area contributed by atoms with Gasteiger partial charge in [-0.2, -0.15) is 0 Å². The molecule has 0 bridgehead atoms. The Morgan fingerprint density at radius 1 is 1.40 bits per heavy atom. The first-order chi connectivity index (χ1) is 4.79. The van der Waals surface area contributed by atoms with E-state index in [9.17, 15) is 0 Å². The van der Waals surface area contributed by atoms with Crippen molar-refractivity contribution in [2.75, 3.05) is 5.73 Å². The predicted octanol–water partition coefficient (Wildman–Crippen LogP) is 1.72. The molecule has 10 heavy (non-hydrogen) atoms. The quantitative estimate of drug-likeness (QED) is 0.642. The SMILES string of the molecule is CCc1c[nH]c(N)c1CC. The Kier molecular flexibility index (Phi) is 2.00. The fraction of sp³-hybridized carbons (Fsp3) is 0.500. The number of nitrogens with one attached hydrogen (secondary N) is 1. The van der Waals surface area contributed by atoms with Gasteiger partial charge in [0.25, 0.3) is 0 Å². The van der Waals surface area contributed by atoms with Crippen LogP contribution in [-0.4, -0.2) is 4.98 Å². The Balaban J connectivity index is 3.01. The molecule has 1 heterocycles. The Bertz CT molecular complexity index is 213. The molecule has 1 aromatic rings. The zero-order chi connectivity index (χ0) is 7.56. The van der Waals surface area contributed by atoms with Gasteiger partial charge in [-0.05, 0) is 24.0 Å². The van der Waals surface area contributed by atoms with Gasteiger partial charge in [-0.25, -0.2) is 0 Å². The summed E-state index contributed by atoms with van der Waals surface area (Å²) in [5.41, 5.74) is 8.30. The summed E-state index contributed by atoms with van der Waals surface area (Å²) in [5, 5.41) is 0. The molecule has 0 atom stereocenters. The van der Waals surface area contributed by atoms with Crippen molar-refractivity contribution < 1.29 is 0 Å². The standard InChI is InChI=1S/C8H14N2/c1-3-6-5-10-8(9)7(6)4-2/h5,10H,3-4,9H2,1-2H3. The van der Waals surface area contributed by atoms with Crippen molar-refractivity contribution in [3.05, 3.63) is 17.3 Å². The minimum atomic E-state index is 0.833. The number of rotatable bonds is 2. The van der Waals surface area contributed by atoms with Crippen LogP contribution in [0.3, 0.4) is 0 Å². The number of aryl methyl sites for hydroxylation is 1. The zero-order valence-electron chi connectivity index (χ0n) is 6.57. The highest BCUT2D eigenvalue weighted by Crippen LogP contribution is 2.16. The molecule has 0 fully saturated rings. The summed E-state index contributed by atoms with van der Waals surface area (Å²) in [5.74, 6) is 0.833. The lowest BCUT2D eigenvalue weighted by molar-refractivity contribution is 1.06. The van der Waals surface area contributed by atoms with E-state index >= 15 is 0 Å². The maximum Gasteiger partial charge on any atom is 0.104 e. The molecule has 0 saturated carbocycles. The predicted molar refractivity (Wildman–Crippen MR) is 44.0 cm³/mol. The van der Waals surface area contributed by atoms with Gasteiger partial charge in [-0.15, -0.1) is 0 Å². The molecule has 56 valence electrons. The molecule has 0 radical (unpaired) electrons. The van der Waals surface area contributed by atoms with Gasteiger partial charge in [-0.1, -0.05) is 13.8 Å². The number of hydrogen-bond acceptors (Lipinski definition) is 1. The summed E-state index contributed by atoms with van der Waals surface area (Å²) in [6.45, 7) is 4.26. The van der Waals surface area contributed by atoms with Crippen LogP contribution in [0, 0.1) is 0 Å². The minimum absolute atomic E-state index is 0.833. The van der Waals surface area contributed by atoms with Crippen LogP contribution in [0.5, 0.6) is 0 Å². The topological polar surface area (TPSA) is 41.8 Å². The molecular weight excluding hydrogens is 124 g/mol. The van der Waals surface area contributed by atoms with E-state index in [1.54, 1.807) is 0 Å². The number of H-pyrrole nitrogens is 1. The molecule has 0 spiro atoms. The fourth-order valence-corrected chi connectivity index (χ4v) is 1.25. The number of anilines is 1. The van der Waals surface area contributed by atoms with Crippen molar-refractivity contribution >= 4 is 5.82 Å². The number of hydrogen-bond donors (Lipinski definition) is 2. The van der Waals surface area contributed by atoms with Crippen LogP contribution >= 0.6 is 0 Å². The lowest BCUT2D eigenvalue weighted by Gasteiger charge is -1.96. The molecular formula is C8H14N2. The lowest BCUT2D eigenvalue weighted by atomic mass is 10.1. The Labute approximate surface area is 61.4 Å². The van der Waals surface area contributed by atoms with Crippen molar-refractivity contribution in [1.82, 2.24) is 4.98 Å². The van der Waals surface area contributed by atoms with E-state index in [0.717, 1.165) is 18.7 Å². The van der Waals surface area contributed by atoms with Gasteiger partial charge < -0.3 is 10.7 Å². The van der Waals surface area contributed by atoms with E-state index in [2.05, 4.69) is 18.8 Å². The van der Waals surface area contributed by atoms with E-state index in [0.29, 0.717) is 0 Å². The maximum absolute atomic E-state index is 5.67. The first-order valence-corrected chi connectivity index (χ1v) is 3.74. The average Bonchev–Trinajstić information content (AvgIpc) is 2.30. The third-order valence-electron chi connectivity index (χ3n) is 1.85. The highest BCUT2D eigenvalue weighted by Gasteiger charge is 2.03. The third kappa shape index (κ3) is 1.01. The van der Waals surface area contributed by atoms with E-state index in [1.807, 2.05) is 6.20 Å². The molecule has 0 aliphatic heterocycles. The van der Waals surface area contributed by atoms with Crippen LogP contribution in [0.15, 0.2) is 6.20 Å². The van der Waals surface area contributed by atoms with E-state index in [-0.39, 0.29) is 0 Å². The van der Waals surface area contributed by atoms with Crippen molar-refractivity contribution in [3.8, 4) is 0 Å². The van der Waals surface area contributed by atoms with Crippen molar-refractivity contribution in [2.24, 2.45) is 0 Å². The number of nitrogen functional groups attached to an aromatic ring is 1. The molecule has 2 nitrogen and oxygen atoms in total. The first-order valence-electron chi connectivity index (χ1n) is 3.74. The van der Waals surface area contributed by atoms with Gasteiger partial charge in [0, 0.05) is 6.20 Å². The molecule has 3 N–H and O–H groups in total. The van der Waals surface area contributed by atoms with Crippen LogP contribution in [0.2, 0.25) is 0 Å². The second kappa shape index (κ2) is 2.78. The van der Waals surface area contributed by atoms with E-state index in [1.165, 1.54) is 11.1 Å². The molecule has 0 aliphatic rings. The van der Waals surface area contributed by atoms with Gasteiger partial charge >= 0.3 is 0 Å². The van der Waals surface area contributed by atoms with Gasteiger partial charge in [0.1, 0.15) is 5.82 Å². The monoisotopic (exact) mass is 138 g/mol. The fourth-order valence-electron chi connectivity index (χ4n) is 1.25. The Morgan fingerprint density at radius 3 is 2.50 bits per heavy atom. The zero-order valence-corrected chi connectivity index (χ0v) is 6.57. The summed E-state index contributed by atoms with van der Waals surface area (Å²) in [6, 6.07) is 0. The average molecular weight is 138 g/mol. The number of nitrogens with two attached hydrogens (primary N) is 1. The third-order valence-corrected chi connectivity index (χ3v) is 1.85. The highest BCUT2D eigenvalue weighted by atomic mass is 14.8. The summed E-state index contributed by atoms with van der Waals surface area (Å²) in [6.07, 6.45) is 4.09. The number of aromatic amines is 1. The smallest absolute Gasteiger partial charge is 0.104 e. The molecule has 0 unspecified atom stereocenters. The summed E-state index contributed by atoms with van der Waals surface area (Å²) in [4.78, 5) is 3.02. The largest absolute Gasteiger partial charge is 0.385 e. The van der Waals surface area contributed by atoms with Crippen LogP contribution in [-0.2, 0) is 12.8 Å². The maximum atomic E-state index is 5.67. The second-order valence-corrected chi connectivity index (χ2v) is 2.41. The van der Waals surface area contributed by atoms with Crippen molar-refractivity contribution in [1.29, 1.82) is 0 Å². The minimum Gasteiger partial charge on any atom is -0.385 e. The highest BCUT2D eigenvalue weighted by molar-refractivity contribution is 5.45. The van der Waals surface area contributed by atoms with Gasteiger partial charge in [0.15, 0.2) is 0 Å². The molecule has 0 amide bonds. The Hall–Kier alpha value is -0.920. The van der Waals surface area contributed by atoms with Gasteiger partial charge in [0.05, 0.1) is 0 Å². The molecule has 2 heteroatoms. The second-order valence-electron chi connectivity index (χ2n) is 2.41. The molecule has 1 rings (SSSR count). The first kappa shape index (κ1) is 7.19. The Morgan fingerprint density at radius 2 is 2.10 bits per heavy atom.